The average Bonchev–Trinajstić information content (AvgIpc) is 2.15. The van der Waals surface area contributed by atoms with Crippen molar-refractivity contribution >= 4 is 0 Å². The first-order valence-electron chi connectivity index (χ1n) is 3.55. The second-order valence-corrected chi connectivity index (χ2v) is 3.15. The van der Waals surface area contributed by atoms with Gasteiger partial charge in [0.2, 0.25) is 0 Å². The third-order valence-electron chi connectivity index (χ3n) is 1.81. The zero-order chi connectivity index (χ0) is 9.52. The minimum absolute atomic E-state index is 1.18. The quantitative estimate of drug-likeness (QED) is 0.276. The van der Waals surface area contributed by atoms with Crippen molar-refractivity contribution in [3.8, 4) is 0 Å². The normalized spacial score (nSPS) is 47.5. The van der Waals surface area contributed by atoms with E-state index in [0.717, 1.165) is 0 Å². The smallest absolute Gasteiger partial charge is 0.184 e. The highest BCUT2D eigenvalue weighted by atomic mass is 16.7. The largest absolute Gasteiger partial charge is 0.387 e. The molecule has 1 fully saturated rings. The maximum atomic E-state index is 9.19. The van der Waals surface area contributed by atoms with Crippen molar-refractivity contribution in [1.29, 1.82) is 0 Å². The highest BCUT2D eigenvalue weighted by Crippen LogP contribution is 2.24. The van der Waals surface area contributed by atoms with Gasteiger partial charge >= 0.3 is 0 Å². The Balaban J connectivity index is 2.71. The summed E-state index contributed by atoms with van der Waals surface area (Å²) in [6, 6.07) is 0. The van der Waals surface area contributed by atoms with Crippen molar-refractivity contribution in [2.24, 2.45) is 5.73 Å². The molecule has 1 saturated heterocycles. The van der Waals surface area contributed by atoms with Crippen LogP contribution in [0.1, 0.15) is 6.92 Å². The summed E-state index contributed by atoms with van der Waals surface area (Å²) in [6.45, 7) is 1.21. The van der Waals surface area contributed by atoms with Crippen molar-refractivity contribution < 1.29 is 25.2 Å². The van der Waals surface area contributed by atoms with E-state index in [1.807, 2.05) is 0 Å². The number of aliphatic hydroxyl groups is 4. The third-order valence-corrected chi connectivity index (χ3v) is 1.81. The number of hydrogen-bond donors (Lipinski definition) is 5. The monoisotopic (exact) mass is 179 g/mol. The Labute approximate surface area is 69.2 Å². The lowest BCUT2D eigenvalue weighted by atomic mass is 10.0. The average molecular weight is 179 g/mol. The second-order valence-electron chi connectivity index (χ2n) is 3.15. The molecule has 6 heteroatoms. The first-order valence-corrected chi connectivity index (χ1v) is 3.55. The number of ether oxygens (including phenoxy) is 1. The van der Waals surface area contributed by atoms with Crippen LogP contribution in [0, 0.1) is 0 Å². The SMILES string of the molecule is C[C@](N)(O)[C@H]1OC(O)[C@@H](O)[C@H]1O. The summed E-state index contributed by atoms with van der Waals surface area (Å²) in [7, 11) is 0. The van der Waals surface area contributed by atoms with E-state index in [9.17, 15) is 10.2 Å². The highest BCUT2D eigenvalue weighted by Gasteiger charge is 2.48. The molecule has 1 unspecified atom stereocenters. The van der Waals surface area contributed by atoms with Crippen molar-refractivity contribution in [3.63, 3.8) is 0 Å². The number of rotatable bonds is 1. The van der Waals surface area contributed by atoms with Crippen molar-refractivity contribution in [2.75, 3.05) is 0 Å². The van der Waals surface area contributed by atoms with Crippen LogP contribution >= 0.6 is 0 Å². The number of nitrogens with two attached hydrogens (primary N) is 1. The first kappa shape index (κ1) is 9.85. The molecule has 12 heavy (non-hydrogen) atoms. The Bertz CT molecular complexity index is 168. The van der Waals surface area contributed by atoms with E-state index >= 15 is 0 Å². The van der Waals surface area contributed by atoms with Gasteiger partial charge in [0.15, 0.2) is 6.29 Å². The summed E-state index contributed by atoms with van der Waals surface area (Å²) in [5.41, 5.74) is 3.42. The molecule has 6 nitrogen and oxygen atoms in total. The van der Waals surface area contributed by atoms with Gasteiger partial charge in [0.1, 0.15) is 24.0 Å². The maximum absolute atomic E-state index is 9.19. The standard InChI is InChI=1S/C6H13NO5/c1-6(7,11)4-2(8)3(9)5(10)12-4/h2-5,8-11H,7H2,1H3/t2-,3+,4+,5?,6+/m1/s1. The third kappa shape index (κ3) is 1.58. The Kier molecular flexibility index (Phi) is 2.39. The Hall–Kier alpha value is -0.240. The van der Waals surface area contributed by atoms with E-state index in [2.05, 4.69) is 4.74 Å². The molecule has 6 N–H and O–H groups in total. The number of hydrogen-bond acceptors (Lipinski definition) is 6. The van der Waals surface area contributed by atoms with Crippen LogP contribution in [0.3, 0.4) is 0 Å². The van der Waals surface area contributed by atoms with Crippen LogP contribution in [0.4, 0.5) is 0 Å². The van der Waals surface area contributed by atoms with Crippen molar-refractivity contribution in [3.05, 3.63) is 0 Å². The molecule has 72 valence electrons. The van der Waals surface area contributed by atoms with Crippen LogP contribution in [0.25, 0.3) is 0 Å². The topological polar surface area (TPSA) is 116 Å². The molecular weight excluding hydrogens is 166 g/mol. The fourth-order valence-corrected chi connectivity index (χ4v) is 1.14. The summed E-state index contributed by atoms with van der Waals surface area (Å²) in [4.78, 5) is 0. The summed E-state index contributed by atoms with van der Waals surface area (Å²) in [5, 5.41) is 36.3. The van der Waals surface area contributed by atoms with Crippen LogP contribution in [-0.2, 0) is 4.74 Å². The lowest BCUT2D eigenvalue weighted by Gasteiger charge is -2.26. The predicted octanol–water partition coefficient (Wildman–Crippen LogP) is -2.91. The van der Waals surface area contributed by atoms with Gasteiger partial charge < -0.3 is 30.9 Å². The van der Waals surface area contributed by atoms with Gasteiger partial charge in [-0.15, -0.1) is 0 Å². The second kappa shape index (κ2) is 2.91. The lowest BCUT2D eigenvalue weighted by Crippen LogP contribution is -2.53. The van der Waals surface area contributed by atoms with E-state index in [-0.39, 0.29) is 0 Å². The molecule has 0 bridgehead atoms. The first-order chi connectivity index (χ1) is 5.34. The molecule has 0 spiro atoms. The van der Waals surface area contributed by atoms with E-state index in [0.29, 0.717) is 0 Å². The van der Waals surface area contributed by atoms with E-state index in [1.54, 1.807) is 0 Å². The molecule has 1 heterocycles. The van der Waals surface area contributed by atoms with Gasteiger partial charge in [0, 0.05) is 0 Å². The molecule has 0 aromatic carbocycles. The Morgan fingerprint density at radius 1 is 1.25 bits per heavy atom. The molecule has 1 aliphatic heterocycles. The van der Waals surface area contributed by atoms with Gasteiger partial charge in [-0.3, -0.25) is 0 Å². The van der Waals surface area contributed by atoms with Crippen LogP contribution in [0.2, 0.25) is 0 Å². The Morgan fingerprint density at radius 3 is 1.92 bits per heavy atom. The summed E-state index contributed by atoms with van der Waals surface area (Å²) in [5.74, 6) is 0. The van der Waals surface area contributed by atoms with Gasteiger partial charge in [-0.05, 0) is 6.92 Å². The summed E-state index contributed by atoms with van der Waals surface area (Å²) < 4.78 is 4.63. The van der Waals surface area contributed by atoms with Crippen LogP contribution in [-0.4, -0.2) is 50.8 Å². The maximum Gasteiger partial charge on any atom is 0.184 e. The minimum Gasteiger partial charge on any atom is -0.387 e. The molecule has 0 aromatic rings. The van der Waals surface area contributed by atoms with Gasteiger partial charge in [-0.25, -0.2) is 0 Å². The molecule has 0 aliphatic carbocycles. The fourth-order valence-electron chi connectivity index (χ4n) is 1.14. The van der Waals surface area contributed by atoms with E-state index in [1.165, 1.54) is 6.92 Å². The molecule has 0 saturated carbocycles. The van der Waals surface area contributed by atoms with Crippen LogP contribution < -0.4 is 5.73 Å². The minimum atomic E-state index is -1.78. The molecular formula is C6H13NO5. The summed E-state index contributed by atoms with van der Waals surface area (Å²) in [6.07, 6.45) is -5.48. The van der Waals surface area contributed by atoms with Gasteiger partial charge in [-0.1, -0.05) is 0 Å². The summed E-state index contributed by atoms with van der Waals surface area (Å²) >= 11 is 0. The molecule has 5 atom stereocenters. The van der Waals surface area contributed by atoms with Crippen LogP contribution in [0.15, 0.2) is 0 Å². The zero-order valence-corrected chi connectivity index (χ0v) is 6.58. The van der Waals surface area contributed by atoms with Crippen molar-refractivity contribution in [1.82, 2.24) is 0 Å². The molecule has 0 aromatic heterocycles. The van der Waals surface area contributed by atoms with E-state index in [4.69, 9.17) is 15.9 Å². The van der Waals surface area contributed by atoms with Gasteiger partial charge in [0.25, 0.3) is 0 Å². The molecule has 1 aliphatic rings. The zero-order valence-electron chi connectivity index (χ0n) is 6.58. The Morgan fingerprint density at radius 2 is 1.75 bits per heavy atom. The molecule has 0 radical (unpaired) electrons. The highest BCUT2D eigenvalue weighted by molar-refractivity contribution is 4.93. The number of aliphatic hydroxyl groups excluding tert-OH is 3. The van der Waals surface area contributed by atoms with E-state index < -0.39 is 30.3 Å². The predicted molar refractivity (Wildman–Crippen MR) is 37.7 cm³/mol. The fraction of sp³-hybridized carbons (Fsp3) is 1.00. The van der Waals surface area contributed by atoms with Gasteiger partial charge in [0.05, 0.1) is 0 Å². The lowest BCUT2D eigenvalue weighted by molar-refractivity contribution is -0.168. The van der Waals surface area contributed by atoms with Crippen LogP contribution in [0.5, 0.6) is 0 Å². The molecule has 0 amide bonds. The molecule has 1 rings (SSSR count). The van der Waals surface area contributed by atoms with Crippen molar-refractivity contribution in [2.45, 2.75) is 37.3 Å². The van der Waals surface area contributed by atoms with Gasteiger partial charge in [-0.2, -0.15) is 0 Å².